The molecule has 0 saturated carbocycles. The first-order chi connectivity index (χ1) is 17.1. The molecule has 0 radical (unpaired) electrons. The first-order valence-electron chi connectivity index (χ1n) is 11.8. The van der Waals surface area contributed by atoms with Gasteiger partial charge in [0.25, 0.3) is 17.6 Å². The van der Waals surface area contributed by atoms with E-state index in [1.54, 1.807) is 42.5 Å². The van der Waals surface area contributed by atoms with E-state index in [-0.39, 0.29) is 17.9 Å². The lowest BCUT2D eigenvalue weighted by Gasteiger charge is -2.26. The van der Waals surface area contributed by atoms with E-state index >= 15 is 0 Å². The summed E-state index contributed by atoms with van der Waals surface area (Å²) in [7, 11) is 3.75. The quantitative estimate of drug-likeness (QED) is 0.279. The zero-order valence-electron chi connectivity index (χ0n) is 21.1. The van der Waals surface area contributed by atoms with Crippen LogP contribution < -0.4 is 15.2 Å². The van der Waals surface area contributed by atoms with E-state index in [9.17, 15) is 19.5 Å². The van der Waals surface area contributed by atoms with Crippen LogP contribution in [0.2, 0.25) is 0 Å². The van der Waals surface area contributed by atoms with Gasteiger partial charge in [-0.3, -0.25) is 14.4 Å². The Kier molecular flexibility index (Phi) is 8.71. The van der Waals surface area contributed by atoms with Crippen molar-refractivity contribution in [3.63, 3.8) is 0 Å². The van der Waals surface area contributed by atoms with Crippen molar-refractivity contribution in [2.75, 3.05) is 40.4 Å². The van der Waals surface area contributed by atoms with Crippen molar-refractivity contribution >= 4 is 23.4 Å². The number of likely N-dealkylation sites (tertiary alicyclic amines) is 1. The van der Waals surface area contributed by atoms with Crippen LogP contribution >= 0.6 is 0 Å². The highest BCUT2D eigenvalue weighted by Gasteiger charge is 2.46. The molecule has 36 heavy (non-hydrogen) atoms. The van der Waals surface area contributed by atoms with Crippen LogP contribution in [-0.4, -0.2) is 72.9 Å². The normalized spacial score (nSPS) is 17.0. The second-order valence-corrected chi connectivity index (χ2v) is 8.94. The van der Waals surface area contributed by atoms with Gasteiger partial charge in [0.1, 0.15) is 17.3 Å². The number of ketones is 1. The maximum absolute atomic E-state index is 13.2. The molecule has 9 nitrogen and oxygen atoms in total. The highest BCUT2D eigenvalue weighted by Crippen LogP contribution is 2.40. The zero-order chi connectivity index (χ0) is 26.4. The number of primary amides is 1. The molecule has 2 aromatic carbocycles. The molecule has 1 atom stereocenters. The number of carbonyl (C=O) groups excluding carboxylic acids is 3. The fourth-order valence-electron chi connectivity index (χ4n) is 4.02. The Morgan fingerprint density at radius 2 is 1.75 bits per heavy atom. The highest BCUT2D eigenvalue weighted by molar-refractivity contribution is 6.46. The minimum atomic E-state index is -0.787. The van der Waals surface area contributed by atoms with Gasteiger partial charge in [0.05, 0.1) is 18.2 Å². The predicted molar refractivity (Wildman–Crippen MR) is 136 cm³/mol. The van der Waals surface area contributed by atoms with E-state index in [2.05, 4.69) is 0 Å². The van der Waals surface area contributed by atoms with Gasteiger partial charge in [-0.05, 0) is 68.9 Å². The standard InChI is InChI=1S/C27H33N3O6/c1-5-14-35-20-10-11-21(17(2)15-20)25(32)23-24(30(13-12-29(3)4)27(34)26(23)33)18-6-8-19(9-7-18)36-16-22(28)31/h6-11,15,24,32H,5,12-14,16H2,1-4H3,(H2,28,31)/b25-23+. The number of nitrogens with zero attached hydrogens (tertiary/aromatic N) is 2. The molecule has 1 aliphatic heterocycles. The first kappa shape index (κ1) is 26.7. The SMILES string of the molecule is CCCOc1ccc(/C(O)=C2\C(=O)C(=O)N(CCN(C)C)C2c2ccc(OCC(N)=O)cc2)c(C)c1. The van der Waals surface area contributed by atoms with Gasteiger partial charge in [0.2, 0.25) is 0 Å². The Morgan fingerprint density at radius 1 is 1.08 bits per heavy atom. The number of nitrogens with two attached hydrogens (primary N) is 1. The van der Waals surface area contributed by atoms with Crippen molar-refractivity contribution in [1.82, 2.24) is 9.80 Å². The molecule has 0 aliphatic carbocycles. The summed E-state index contributed by atoms with van der Waals surface area (Å²) < 4.78 is 11.0. The summed E-state index contributed by atoms with van der Waals surface area (Å²) in [5.41, 5.74) is 6.96. The predicted octanol–water partition coefficient (Wildman–Crippen LogP) is 2.63. The van der Waals surface area contributed by atoms with Crippen LogP contribution in [0, 0.1) is 6.92 Å². The number of amides is 2. The monoisotopic (exact) mass is 495 g/mol. The van der Waals surface area contributed by atoms with Crippen molar-refractivity contribution in [3.8, 4) is 11.5 Å². The largest absolute Gasteiger partial charge is 0.507 e. The van der Waals surface area contributed by atoms with Gasteiger partial charge in [-0.25, -0.2) is 0 Å². The molecule has 3 N–H and O–H groups in total. The van der Waals surface area contributed by atoms with E-state index in [1.807, 2.05) is 32.8 Å². The number of hydrogen-bond donors (Lipinski definition) is 2. The number of aliphatic hydroxyl groups excluding tert-OH is 1. The highest BCUT2D eigenvalue weighted by atomic mass is 16.5. The third-order valence-corrected chi connectivity index (χ3v) is 5.83. The average molecular weight is 496 g/mol. The molecule has 1 saturated heterocycles. The van der Waals surface area contributed by atoms with E-state index in [1.165, 1.54) is 4.90 Å². The van der Waals surface area contributed by atoms with Gasteiger partial charge in [-0.1, -0.05) is 19.1 Å². The Hall–Kier alpha value is -3.85. The van der Waals surface area contributed by atoms with Gasteiger partial charge in [-0.15, -0.1) is 0 Å². The minimum Gasteiger partial charge on any atom is -0.507 e. The van der Waals surface area contributed by atoms with Crippen molar-refractivity contribution in [1.29, 1.82) is 0 Å². The summed E-state index contributed by atoms with van der Waals surface area (Å²) in [6.45, 7) is 4.96. The van der Waals surface area contributed by atoms with Crippen molar-refractivity contribution in [2.24, 2.45) is 5.73 Å². The molecular weight excluding hydrogens is 462 g/mol. The van der Waals surface area contributed by atoms with Crippen molar-refractivity contribution < 1.29 is 29.0 Å². The topological polar surface area (TPSA) is 122 Å². The molecule has 0 spiro atoms. The Bertz CT molecular complexity index is 1160. The fraction of sp³-hybridized carbons (Fsp3) is 0.370. The van der Waals surface area contributed by atoms with Gasteiger partial charge in [0, 0.05) is 18.7 Å². The zero-order valence-corrected chi connectivity index (χ0v) is 21.1. The van der Waals surface area contributed by atoms with Crippen LogP contribution in [0.4, 0.5) is 0 Å². The van der Waals surface area contributed by atoms with Gasteiger partial charge >= 0.3 is 0 Å². The van der Waals surface area contributed by atoms with Gasteiger partial charge in [-0.2, -0.15) is 0 Å². The summed E-state index contributed by atoms with van der Waals surface area (Å²) in [6, 6.07) is 11.1. The first-order valence-corrected chi connectivity index (χ1v) is 11.8. The lowest BCUT2D eigenvalue weighted by atomic mass is 9.94. The van der Waals surface area contributed by atoms with Gasteiger partial charge in [0.15, 0.2) is 6.61 Å². The number of carbonyl (C=O) groups is 3. The molecule has 2 aromatic rings. The minimum absolute atomic E-state index is 0.0230. The summed E-state index contributed by atoms with van der Waals surface area (Å²) in [5, 5.41) is 11.3. The van der Waals surface area contributed by atoms with Crippen LogP contribution in [0.15, 0.2) is 48.0 Å². The number of benzene rings is 2. The molecule has 0 aromatic heterocycles. The molecule has 3 rings (SSSR count). The molecule has 192 valence electrons. The molecule has 1 aliphatic rings. The molecular formula is C27H33N3O6. The number of likely N-dealkylation sites (N-methyl/N-ethyl adjacent to an activating group) is 1. The summed E-state index contributed by atoms with van der Waals surface area (Å²) in [6.07, 6.45) is 0.865. The van der Waals surface area contributed by atoms with E-state index < -0.39 is 23.6 Å². The molecule has 1 unspecified atom stereocenters. The maximum Gasteiger partial charge on any atom is 0.295 e. The van der Waals surface area contributed by atoms with Crippen LogP contribution in [0.1, 0.15) is 36.1 Å². The summed E-state index contributed by atoms with van der Waals surface area (Å²) in [4.78, 5) is 40.7. The van der Waals surface area contributed by atoms with Gasteiger partial charge < -0.3 is 30.1 Å². The van der Waals surface area contributed by atoms with Crippen LogP contribution in [0.5, 0.6) is 11.5 Å². The molecule has 9 heteroatoms. The second kappa shape index (κ2) is 11.7. The lowest BCUT2D eigenvalue weighted by Crippen LogP contribution is -2.35. The van der Waals surface area contributed by atoms with Crippen LogP contribution in [-0.2, 0) is 14.4 Å². The smallest absolute Gasteiger partial charge is 0.295 e. The Balaban J connectivity index is 2.05. The van der Waals surface area contributed by atoms with E-state index in [0.717, 1.165) is 12.0 Å². The number of aryl methyl sites for hydroxylation is 1. The molecule has 1 fully saturated rings. The van der Waals surface area contributed by atoms with E-state index in [0.29, 0.717) is 42.3 Å². The fourth-order valence-corrected chi connectivity index (χ4v) is 4.02. The average Bonchev–Trinajstić information content (AvgIpc) is 3.09. The molecule has 0 bridgehead atoms. The van der Waals surface area contributed by atoms with Crippen LogP contribution in [0.25, 0.3) is 5.76 Å². The molecule has 1 heterocycles. The number of ether oxygens (including phenoxy) is 2. The van der Waals surface area contributed by atoms with Crippen molar-refractivity contribution in [2.45, 2.75) is 26.3 Å². The van der Waals surface area contributed by atoms with Crippen molar-refractivity contribution in [3.05, 3.63) is 64.7 Å². The van der Waals surface area contributed by atoms with E-state index in [4.69, 9.17) is 15.2 Å². The second-order valence-electron chi connectivity index (χ2n) is 8.94. The third-order valence-electron chi connectivity index (χ3n) is 5.83. The third kappa shape index (κ3) is 6.04. The van der Waals surface area contributed by atoms with Crippen LogP contribution in [0.3, 0.4) is 0 Å². The summed E-state index contributed by atoms with van der Waals surface area (Å²) in [5.74, 6) is -1.16. The number of aliphatic hydroxyl groups is 1. The lowest BCUT2D eigenvalue weighted by molar-refractivity contribution is -0.140. The Labute approximate surface area is 211 Å². The molecule has 2 amide bonds. The number of rotatable bonds is 11. The summed E-state index contributed by atoms with van der Waals surface area (Å²) >= 11 is 0. The Morgan fingerprint density at radius 3 is 2.33 bits per heavy atom. The maximum atomic E-state index is 13.2. The number of hydrogen-bond acceptors (Lipinski definition) is 7. The number of Topliss-reactive ketones (excluding diaryl/α,β-unsaturated/α-hetero) is 1.